The fraction of sp³-hybridized carbons (Fsp3) is 0.400. The predicted octanol–water partition coefficient (Wildman–Crippen LogP) is 7.29. The van der Waals surface area contributed by atoms with Crippen LogP contribution in [0.15, 0.2) is 34.9 Å². The summed E-state index contributed by atoms with van der Waals surface area (Å²) < 4.78 is 23.2. The molecule has 2 saturated heterocycles. The molecular formula is C30H27Cl2N3O6S. The SMILES string of the molecule is COC(=O)c1cc(OC)c2nc(N3[C@@H]4CC[C@H]3C[C@H](OC(=O)c3c(-c5c(Cl)cccc5Cl)noc3C3CC3)C4)sc2c1. The van der Waals surface area contributed by atoms with E-state index in [9.17, 15) is 9.59 Å². The van der Waals surface area contributed by atoms with E-state index in [4.69, 9.17) is 46.9 Å². The summed E-state index contributed by atoms with van der Waals surface area (Å²) in [6, 6.07) is 8.95. The smallest absolute Gasteiger partial charge is 0.344 e. The maximum Gasteiger partial charge on any atom is 0.344 e. The lowest BCUT2D eigenvalue weighted by molar-refractivity contribution is 0.0202. The summed E-state index contributed by atoms with van der Waals surface area (Å²) in [7, 11) is 2.92. The van der Waals surface area contributed by atoms with Crippen LogP contribution >= 0.6 is 34.5 Å². The van der Waals surface area contributed by atoms with Gasteiger partial charge in [0.15, 0.2) is 10.9 Å². The fourth-order valence-corrected chi connectivity index (χ4v) is 8.00. The number of hydrogen-bond donors (Lipinski definition) is 0. The number of aromatic nitrogens is 2. The summed E-state index contributed by atoms with van der Waals surface area (Å²) >= 11 is 14.5. The van der Waals surface area contributed by atoms with Gasteiger partial charge in [-0.2, -0.15) is 0 Å². The molecule has 12 heteroatoms. The number of piperidine rings is 1. The van der Waals surface area contributed by atoms with Crippen LogP contribution in [-0.2, 0) is 9.47 Å². The fourth-order valence-electron chi connectivity index (χ4n) is 6.25. The molecule has 3 fully saturated rings. The van der Waals surface area contributed by atoms with Crippen molar-refractivity contribution >= 4 is 61.8 Å². The molecule has 2 aliphatic heterocycles. The average molecular weight is 629 g/mol. The van der Waals surface area contributed by atoms with E-state index in [-0.39, 0.29) is 24.1 Å². The lowest BCUT2D eigenvalue weighted by atomic mass is 9.99. The van der Waals surface area contributed by atoms with Crippen molar-refractivity contribution in [1.29, 1.82) is 0 Å². The van der Waals surface area contributed by atoms with Gasteiger partial charge in [0.05, 0.1) is 34.5 Å². The van der Waals surface area contributed by atoms with Crippen molar-refractivity contribution in [3.8, 4) is 17.0 Å². The van der Waals surface area contributed by atoms with Gasteiger partial charge in [0, 0.05) is 36.4 Å². The summed E-state index contributed by atoms with van der Waals surface area (Å²) in [4.78, 5) is 33.2. The molecule has 0 spiro atoms. The van der Waals surface area contributed by atoms with Crippen molar-refractivity contribution < 1.29 is 28.3 Å². The second-order valence-corrected chi connectivity index (χ2v) is 12.8. The normalized spacial score (nSPS) is 21.5. The molecule has 0 amide bonds. The molecule has 1 saturated carbocycles. The summed E-state index contributed by atoms with van der Waals surface area (Å²) in [5.41, 5.74) is 2.25. The van der Waals surface area contributed by atoms with Gasteiger partial charge in [0.25, 0.3) is 0 Å². The van der Waals surface area contributed by atoms with E-state index in [1.807, 2.05) is 0 Å². The molecule has 9 nitrogen and oxygen atoms in total. The molecule has 0 radical (unpaired) electrons. The van der Waals surface area contributed by atoms with E-state index in [2.05, 4.69) is 10.1 Å². The standard InChI is InChI=1S/C30H27Cl2N3O6S/c1-38-21-10-15(28(36)39-2)11-22-25(21)33-30(42-22)35-16-8-9-17(35)13-18(12-16)40-29(37)24-26(34-41-27(24)14-6-7-14)23-19(31)4-3-5-20(23)32/h3-5,10-11,14,16-18H,6-9,12-13H2,1-2H3/t16-,17+,18-. The number of thiazole rings is 1. The highest BCUT2D eigenvalue weighted by molar-refractivity contribution is 7.22. The molecule has 2 aromatic heterocycles. The number of fused-ring (bicyclic) bond motifs is 3. The Morgan fingerprint density at radius 3 is 2.38 bits per heavy atom. The Labute approximate surface area is 255 Å². The number of anilines is 1. The van der Waals surface area contributed by atoms with Gasteiger partial charge >= 0.3 is 11.9 Å². The van der Waals surface area contributed by atoms with Crippen LogP contribution in [0.2, 0.25) is 10.0 Å². The van der Waals surface area contributed by atoms with Gasteiger partial charge in [0.2, 0.25) is 0 Å². The van der Waals surface area contributed by atoms with E-state index in [1.54, 1.807) is 37.4 Å². The number of esters is 2. The van der Waals surface area contributed by atoms with E-state index in [0.29, 0.717) is 62.3 Å². The third kappa shape index (κ3) is 4.69. The number of rotatable bonds is 7. The molecule has 1 aliphatic carbocycles. The van der Waals surface area contributed by atoms with Gasteiger partial charge in [-0.25, -0.2) is 14.6 Å². The number of carbonyl (C=O) groups excluding carboxylic acids is 2. The lowest BCUT2D eigenvalue weighted by Crippen LogP contribution is -2.46. The number of methoxy groups -OCH3 is 2. The Morgan fingerprint density at radius 1 is 1.02 bits per heavy atom. The minimum Gasteiger partial charge on any atom is -0.494 e. The molecule has 3 aliphatic rings. The van der Waals surface area contributed by atoms with E-state index in [0.717, 1.165) is 35.5 Å². The minimum absolute atomic E-state index is 0.142. The Hall–Kier alpha value is -3.34. The van der Waals surface area contributed by atoms with Crippen molar-refractivity contribution in [2.45, 2.75) is 62.6 Å². The quantitative estimate of drug-likeness (QED) is 0.195. The van der Waals surface area contributed by atoms with E-state index in [1.165, 1.54) is 18.4 Å². The Kier molecular flexibility index (Phi) is 7.03. The van der Waals surface area contributed by atoms with Crippen molar-refractivity contribution in [2.24, 2.45) is 0 Å². The summed E-state index contributed by atoms with van der Waals surface area (Å²) in [5.74, 6) is 0.332. The molecule has 218 valence electrons. The van der Waals surface area contributed by atoms with Crippen LogP contribution in [0.3, 0.4) is 0 Å². The number of halogens is 2. The number of benzene rings is 2. The molecule has 2 aromatic carbocycles. The van der Waals surface area contributed by atoms with Crippen LogP contribution in [0.25, 0.3) is 21.5 Å². The average Bonchev–Trinajstić information content (AvgIpc) is 3.48. The first-order chi connectivity index (χ1) is 20.4. The van der Waals surface area contributed by atoms with Crippen LogP contribution in [0, 0.1) is 0 Å². The van der Waals surface area contributed by atoms with E-state index < -0.39 is 11.9 Å². The van der Waals surface area contributed by atoms with Crippen molar-refractivity contribution in [3.05, 3.63) is 57.3 Å². The van der Waals surface area contributed by atoms with Gasteiger partial charge < -0.3 is 23.6 Å². The van der Waals surface area contributed by atoms with Gasteiger partial charge in [-0.1, -0.05) is 45.8 Å². The van der Waals surface area contributed by atoms with Crippen LogP contribution in [0.4, 0.5) is 5.13 Å². The maximum absolute atomic E-state index is 13.7. The Balaban J connectivity index is 1.14. The molecule has 0 unspecified atom stereocenters. The minimum atomic E-state index is -0.456. The van der Waals surface area contributed by atoms with Crippen molar-refractivity contribution in [3.63, 3.8) is 0 Å². The maximum atomic E-state index is 13.7. The summed E-state index contributed by atoms with van der Waals surface area (Å²) in [5, 5.41) is 5.89. The largest absolute Gasteiger partial charge is 0.494 e. The van der Waals surface area contributed by atoms with Crippen LogP contribution in [0.5, 0.6) is 5.75 Å². The zero-order valence-electron chi connectivity index (χ0n) is 22.9. The van der Waals surface area contributed by atoms with E-state index >= 15 is 0 Å². The van der Waals surface area contributed by atoms with Crippen LogP contribution in [-0.4, -0.2) is 54.5 Å². The monoisotopic (exact) mass is 627 g/mol. The van der Waals surface area contributed by atoms with Crippen LogP contribution < -0.4 is 9.64 Å². The molecule has 2 bridgehead atoms. The second-order valence-electron chi connectivity index (χ2n) is 10.9. The summed E-state index contributed by atoms with van der Waals surface area (Å²) in [6.45, 7) is 0. The van der Waals surface area contributed by atoms with Gasteiger partial charge in [-0.15, -0.1) is 0 Å². The molecule has 4 heterocycles. The molecule has 7 rings (SSSR count). The topological polar surface area (TPSA) is 104 Å². The zero-order chi connectivity index (χ0) is 29.1. The lowest BCUT2D eigenvalue weighted by Gasteiger charge is -2.38. The molecule has 0 N–H and O–H groups in total. The highest BCUT2D eigenvalue weighted by Gasteiger charge is 2.45. The van der Waals surface area contributed by atoms with Crippen LogP contribution in [0.1, 0.15) is 70.9 Å². The highest BCUT2D eigenvalue weighted by Crippen LogP contribution is 2.48. The first kappa shape index (κ1) is 27.5. The van der Waals surface area contributed by atoms with Crippen molar-refractivity contribution in [1.82, 2.24) is 10.1 Å². The molecule has 42 heavy (non-hydrogen) atoms. The first-order valence-electron chi connectivity index (χ1n) is 13.9. The highest BCUT2D eigenvalue weighted by atomic mass is 35.5. The Bertz CT molecular complexity index is 1680. The van der Waals surface area contributed by atoms with Gasteiger partial charge in [-0.05, 0) is 49.9 Å². The number of ether oxygens (including phenoxy) is 3. The number of carbonyl (C=O) groups is 2. The predicted molar refractivity (Wildman–Crippen MR) is 159 cm³/mol. The van der Waals surface area contributed by atoms with Gasteiger partial charge in [-0.3, -0.25) is 0 Å². The third-order valence-electron chi connectivity index (χ3n) is 8.34. The first-order valence-corrected chi connectivity index (χ1v) is 15.4. The summed E-state index contributed by atoms with van der Waals surface area (Å²) in [6.07, 6.45) is 4.89. The Morgan fingerprint density at radius 2 is 1.74 bits per heavy atom. The number of hydrogen-bond acceptors (Lipinski definition) is 10. The molecular weight excluding hydrogens is 601 g/mol. The zero-order valence-corrected chi connectivity index (χ0v) is 25.2. The second kappa shape index (κ2) is 10.7. The number of nitrogens with zero attached hydrogens (tertiary/aromatic N) is 3. The molecule has 4 aromatic rings. The van der Waals surface area contributed by atoms with Gasteiger partial charge in [0.1, 0.15) is 28.6 Å². The van der Waals surface area contributed by atoms with Crippen molar-refractivity contribution in [2.75, 3.05) is 19.1 Å². The molecule has 3 atom stereocenters. The third-order valence-corrected chi connectivity index (χ3v) is 9.99.